The molecule has 5 atom stereocenters. The van der Waals surface area contributed by atoms with Crippen LogP contribution in [0.5, 0.6) is 5.75 Å². The molecule has 0 spiro atoms. The number of sulfonamides is 1. The van der Waals surface area contributed by atoms with Crippen LogP contribution < -0.4 is 19.3 Å². The average Bonchev–Trinajstić information content (AvgIpc) is 3.19. The first kappa shape index (κ1) is 38.6. The highest BCUT2D eigenvalue weighted by molar-refractivity contribution is 7.90. The second-order valence-corrected chi connectivity index (χ2v) is 18.1. The topological polar surface area (TPSA) is 104 Å². The zero-order valence-corrected chi connectivity index (χ0v) is 33.3. The molecular formula is C42H54ClN5O5S. The van der Waals surface area contributed by atoms with Crippen LogP contribution in [-0.4, -0.2) is 88.0 Å². The van der Waals surface area contributed by atoms with Gasteiger partial charge in [0.1, 0.15) is 18.0 Å². The Morgan fingerprint density at radius 3 is 2.50 bits per heavy atom. The van der Waals surface area contributed by atoms with Crippen molar-refractivity contribution in [2.45, 2.75) is 69.8 Å². The van der Waals surface area contributed by atoms with Crippen molar-refractivity contribution in [3.8, 4) is 5.75 Å². The largest absolute Gasteiger partial charge is 0.487 e. The molecule has 3 aliphatic heterocycles. The number of ether oxygens (including phenoxy) is 2. The number of fused-ring (bicyclic) bond motifs is 3. The first-order valence-corrected chi connectivity index (χ1v) is 21.4. The van der Waals surface area contributed by atoms with Gasteiger partial charge in [0.15, 0.2) is 0 Å². The lowest BCUT2D eigenvalue weighted by Crippen LogP contribution is -2.58. The van der Waals surface area contributed by atoms with Gasteiger partial charge in [0, 0.05) is 81.6 Å². The minimum absolute atomic E-state index is 0.232. The molecule has 4 aliphatic rings. The van der Waals surface area contributed by atoms with Crippen molar-refractivity contribution in [2.75, 3.05) is 62.7 Å². The smallest absolute Gasteiger partial charge is 0.264 e. The Hall–Kier alpha value is -3.64. The van der Waals surface area contributed by atoms with Crippen molar-refractivity contribution in [1.29, 1.82) is 0 Å². The SMILES string of the molecule is CO[C@@]1(CN2CCN(c3ccncc3)CC2)/C=C/C[C@H](C)[C@@H](C)S(=O)(=O)NC(=O)c2ccc3c(c2)N(CCCCc2cc(Cl)ccc2CO3)C[C@@H]2CC[C@H]21. The van der Waals surface area contributed by atoms with Crippen molar-refractivity contribution in [2.24, 2.45) is 17.8 Å². The van der Waals surface area contributed by atoms with E-state index in [4.69, 9.17) is 21.1 Å². The molecule has 1 saturated carbocycles. The summed E-state index contributed by atoms with van der Waals surface area (Å²) in [6.45, 7) is 9.93. The molecule has 7 rings (SSSR count). The number of anilines is 2. The number of allylic oxidation sites excluding steroid dienone is 1. The number of nitrogens with zero attached hydrogens (tertiary/aromatic N) is 4. The van der Waals surface area contributed by atoms with Gasteiger partial charge in [-0.05, 0) is 117 Å². The van der Waals surface area contributed by atoms with Crippen LogP contribution in [-0.2, 0) is 27.8 Å². The number of hydrogen-bond acceptors (Lipinski definition) is 9. The molecule has 1 N–H and O–H groups in total. The van der Waals surface area contributed by atoms with Crippen LogP contribution in [0, 0.1) is 17.8 Å². The Labute approximate surface area is 325 Å². The molecular weight excluding hydrogens is 722 g/mol. The first-order chi connectivity index (χ1) is 26.0. The second-order valence-electron chi connectivity index (χ2n) is 15.7. The minimum Gasteiger partial charge on any atom is -0.487 e. The third kappa shape index (κ3) is 8.44. The maximum atomic E-state index is 13.6. The van der Waals surface area contributed by atoms with Gasteiger partial charge in [0.2, 0.25) is 10.0 Å². The number of nitrogens with one attached hydrogen (secondary N) is 1. The number of methoxy groups -OCH3 is 1. The highest BCUT2D eigenvalue weighted by atomic mass is 35.5. The predicted octanol–water partition coefficient (Wildman–Crippen LogP) is 6.73. The van der Waals surface area contributed by atoms with Crippen molar-refractivity contribution in [3.05, 3.63) is 94.8 Å². The van der Waals surface area contributed by atoms with Gasteiger partial charge in [-0.2, -0.15) is 0 Å². The standard InChI is InChI=1S/C42H54ClN5O5S/c1-30-7-6-17-42(52-3,29-46-21-23-47(24-22-46)37-15-18-44-19-16-37)38-13-10-34(38)27-48-20-5-4-8-32-25-36(43)12-9-35(32)28-53-40-14-11-33(26-39(40)48)41(49)45-54(50,51)31(30)2/h6,9,11-12,14-19,25-26,30-31,34,38H,4-5,7-8,10,13,20-24,27-29H2,1-3H3,(H,45,49)/b17-6+/t30-,31+,34-,38+,42+/m0/s1. The van der Waals surface area contributed by atoms with E-state index in [0.29, 0.717) is 35.3 Å². The summed E-state index contributed by atoms with van der Waals surface area (Å²) < 4.78 is 42.8. The number of carbonyl (C=O) groups excluding carboxylic acids is 1. The van der Waals surface area contributed by atoms with E-state index in [1.54, 1.807) is 13.0 Å². The van der Waals surface area contributed by atoms with E-state index in [1.165, 1.54) is 11.3 Å². The van der Waals surface area contributed by atoms with Crippen LogP contribution in [0.4, 0.5) is 11.4 Å². The number of hydrogen-bond donors (Lipinski definition) is 1. The first-order valence-electron chi connectivity index (χ1n) is 19.5. The summed E-state index contributed by atoms with van der Waals surface area (Å²) in [6.07, 6.45) is 13.5. The normalized spacial score (nSPS) is 28.6. The Balaban J connectivity index is 1.22. The summed E-state index contributed by atoms with van der Waals surface area (Å²) in [4.78, 5) is 25.1. The molecule has 10 nitrogen and oxygen atoms in total. The average molecular weight is 776 g/mol. The van der Waals surface area contributed by atoms with Crippen molar-refractivity contribution >= 4 is 38.9 Å². The van der Waals surface area contributed by atoms with Gasteiger partial charge in [-0.1, -0.05) is 36.7 Å². The number of halogens is 1. The number of benzene rings is 2. The Morgan fingerprint density at radius 2 is 1.76 bits per heavy atom. The number of rotatable bonds is 4. The zero-order valence-electron chi connectivity index (χ0n) is 31.8. The van der Waals surface area contributed by atoms with Gasteiger partial charge in [-0.3, -0.25) is 14.7 Å². The van der Waals surface area contributed by atoms with E-state index in [2.05, 4.69) is 48.7 Å². The lowest BCUT2D eigenvalue weighted by molar-refractivity contribution is -0.0919. The van der Waals surface area contributed by atoms with Gasteiger partial charge < -0.3 is 19.3 Å². The molecule has 3 aromatic rings. The molecule has 2 bridgehead atoms. The van der Waals surface area contributed by atoms with Crippen LogP contribution >= 0.6 is 11.6 Å². The van der Waals surface area contributed by atoms with Crippen molar-refractivity contribution in [3.63, 3.8) is 0 Å². The molecule has 1 saturated heterocycles. The summed E-state index contributed by atoms with van der Waals surface area (Å²) in [5.74, 6) is 0.397. The van der Waals surface area contributed by atoms with Crippen molar-refractivity contribution in [1.82, 2.24) is 14.6 Å². The van der Waals surface area contributed by atoms with Gasteiger partial charge in [0.25, 0.3) is 5.91 Å². The van der Waals surface area contributed by atoms with Crippen LogP contribution in [0.1, 0.15) is 67.4 Å². The van der Waals surface area contributed by atoms with Gasteiger partial charge in [0.05, 0.1) is 10.9 Å². The summed E-state index contributed by atoms with van der Waals surface area (Å²) in [7, 11) is -2.13. The fourth-order valence-corrected chi connectivity index (χ4v) is 10.2. The molecule has 1 aromatic heterocycles. The lowest BCUT2D eigenvalue weighted by Gasteiger charge is -2.52. The minimum atomic E-state index is -3.97. The molecule has 1 aliphatic carbocycles. The van der Waals surface area contributed by atoms with Crippen LogP contribution in [0.3, 0.4) is 0 Å². The zero-order chi connectivity index (χ0) is 37.9. The molecule has 12 heteroatoms. The number of aryl methyl sites for hydroxylation is 1. The third-order valence-corrected chi connectivity index (χ3v) is 14.6. The van der Waals surface area contributed by atoms with Crippen molar-refractivity contribution < 1.29 is 22.7 Å². The van der Waals surface area contributed by atoms with E-state index in [1.807, 2.05) is 56.8 Å². The van der Waals surface area contributed by atoms with Gasteiger partial charge in [-0.25, -0.2) is 13.1 Å². The van der Waals surface area contributed by atoms with Crippen LogP contribution in [0.25, 0.3) is 0 Å². The summed E-state index contributed by atoms with van der Waals surface area (Å²) >= 11 is 6.41. The van der Waals surface area contributed by atoms with E-state index >= 15 is 0 Å². The van der Waals surface area contributed by atoms with E-state index < -0.39 is 26.8 Å². The molecule has 2 fully saturated rings. The molecule has 290 valence electrons. The quantitative estimate of drug-likeness (QED) is 0.289. The molecule has 54 heavy (non-hydrogen) atoms. The Bertz CT molecular complexity index is 1920. The second kappa shape index (κ2) is 16.6. The van der Waals surface area contributed by atoms with Gasteiger partial charge in [-0.15, -0.1) is 0 Å². The fourth-order valence-electron chi connectivity index (χ4n) is 8.70. The Morgan fingerprint density at radius 1 is 0.963 bits per heavy atom. The third-order valence-electron chi connectivity index (χ3n) is 12.4. The van der Waals surface area contributed by atoms with E-state index in [-0.39, 0.29) is 11.8 Å². The van der Waals surface area contributed by atoms with E-state index in [0.717, 1.165) is 89.2 Å². The highest BCUT2D eigenvalue weighted by Gasteiger charge is 2.48. The number of amides is 1. The fraction of sp³-hybridized carbons (Fsp3) is 0.524. The predicted molar refractivity (Wildman–Crippen MR) is 215 cm³/mol. The van der Waals surface area contributed by atoms with E-state index in [9.17, 15) is 13.2 Å². The molecule has 1 amide bonds. The van der Waals surface area contributed by atoms with Gasteiger partial charge >= 0.3 is 0 Å². The number of carbonyl (C=O) groups is 1. The monoisotopic (exact) mass is 775 g/mol. The highest BCUT2D eigenvalue weighted by Crippen LogP contribution is 2.47. The molecule has 2 aromatic carbocycles. The lowest BCUT2D eigenvalue weighted by atomic mass is 9.63. The maximum Gasteiger partial charge on any atom is 0.264 e. The maximum absolute atomic E-state index is 13.6. The number of piperazine rings is 1. The Kier molecular flexibility index (Phi) is 11.9. The van der Waals surface area contributed by atoms with Crippen LogP contribution in [0.15, 0.2) is 73.1 Å². The number of pyridine rings is 1. The summed E-state index contributed by atoms with van der Waals surface area (Å²) in [5, 5.41) is -0.0753. The number of aromatic nitrogens is 1. The summed E-state index contributed by atoms with van der Waals surface area (Å²) in [6, 6.07) is 15.4. The molecule has 0 radical (unpaired) electrons. The summed E-state index contributed by atoms with van der Waals surface area (Å²) in [5.41, 5.74) is 4.02. The molecule has 0 unspecified atom stereocenters. The molecule has 4 heterocycles. The van der Waals surface area contributed by atoms with Crippen LogP contribution in [0.2, 0.25) is 5.02 Å².